The van der Waals surface area contributed by atoms with Gasteiger partial charge in [-0.25, -0.2) is 0 Å². The quantitative estimate of drug-likeness (QED) is 0.0409. The number of ether oxygens (including phenoxy) is 1. The van der Waals surface area contributed by atoms with Crippen LogP contribution in [0.25, 0.3) is 0 Å². The Morgan fingerprint density at radius 1 is 0.413 bits per heavy atom. The normalized spacial score (nSPS) is 11.5. The summed E-state index contributed by atoms with van der Waals surface area (Å²) in [6, 6.07) is 0. The van der Waals surface area contributed by atoms with Crippen molar-refractivity contribution in [2.75, 3.05) is 6.61 Å². The maximum Gasteiger partial charge on any atom is 0.305 e. The minimum Gasteiger partial charge on any atom is -0.481 e. The first-order valence-corrected chi connectivity index (χ1v) is 20.7. The molecule has 0 amide bonds. The van der Waals surface area contributed by atoms with Crippen LogP contribution < -0.4 is 0 Å². The number of carboxylic acid groups (broad SMARTS) is 1. The predicted molar refractivity (Wildman–Crippen MR) is 200 cm³/mol. The van der Waals surface area contributed by atoms with Crippen LogP contribution >= 0.6 is 0 Å². The van der Waals surface area contributed by atoms with Gasteiger partial charge in [0, 0.05) is 12.8 Å². The minimum absolute atomic E-state index is 0.00834. The SMILES string of the molecule is CCCCCCCCC=CCCCCCCCCCCCC(=O)OCCCCCCCCCCCCCCCCCCCC(=O)O. The van der Waals surface area contributed by atoms with Crippen molar-refractivity contribution >= 4 is 11.9 Å². The van der Waals surface area contributed by atoms with Gasteiger partial charge in [0.15, 0.2) is 0 Å². The fourth-order valence-corrected chi connectivity index (χ4v) is 6.34. The molecule has 0 radical (unpaired) electrons. The Balaban J connectivity index is 3.18. The molecule has 0 bridgehead atoms. The van der Waals surface area contributed by atoms with E-state index in [0.29, 0.717) is 19.4 Å². The Morgan fingerprint density at radius 2 is 0.717 bits per heavy atom. The Kier molecular flexibility index (Phi) is 38.7. The topological polar surface area (TPSA) is 63.6 Å². The van der Waals surface area contributed by atoms with E-state index in [2.05, 4.69) is 19.1 Å². The third-order valence-electron chi connectivity index (χ3n) is 9.44. The van der Waals surface area contributed by atoms with E-state index >= 15 is 0 Å². The van der Waals surface area contributed by atoms with Gasteiger partial charge >= 0.3 is 11.9 Å². The van der Waals surface area contributed by atoms with Crippen LogP contribution in [0.2, 0.25) is 0 Å². The molecule has 0 unspecified atom stereocenters. The van der Waals surface area contributed by atoms with Crippen molar-refractivity contribution in [2.45, 2.75) is 238 Å². The van der Waals surface area contributed by atoms with Crippen LogP contribution in [0.3, 0.4) is 0 Å². The summed E-state index contributed by atoms with van der Waals surface area (Å²) in [5.74, 6) is -0.654. The molecule has 4 nitrogen and oxygen atoms in total. The second kappa shape index (κ2) is 39.9. The number of hydrogen-bond donors (Lipinski definition) is 1. The number of esters is 1. The summed E-state index contributed by atoms with van der Waals surface area (Å²) in [7, 11) is 0. The van der Waals surface area contributed by atoms with Crippen molar-refractivity contribution in [1.82, 2.24) is 0 Å². The first kappa shape index (κ1) is 44.7. The van der Waals surface area contributed by atoms with Crippen LogP contribution in [-0.2, 0) is 14.3 Å². The molecule has 0 saturated carbocycles. The van der Waals surface area contributed by atoms with E-state index in [4.69, 9.17) is 9.84 Å². The number of aliphatic carboxylic acids is 1. The minimum atomic E-state index is -0.662. The fraction of sp³-hybridized carbons (Fsp3) is 0.905. The molecule has 0 aromatic carbocycles. The van der Waals surface area contributed by atoms with Gasteiger partial charge in [-0.3, -0.25) is 9.59 Å². The number of rotatable bonds is 39. The number of carbonyl (C=O) groups excluding carboxylic acids is 1. The van der Waals surface area contributed by atoms with Gasteiger partial charge in [0.1, 0.15) is 0 Å². The number of carbonyl (C=O) groups is 2. The summed E-state index contributed by atoms with van der Waals surface area (Å²) >= 11 is 0. The molecule has 0 aliphatic heterocycles. The molecule has 0 aromatic rings. The summed E-state index contributed by atoms with van der Waals surface area (Å²) in [6.45, 7) is 2.89. The summed E-state index contributed by atoms with van der Waals surface area (Å²) in [4.78, 5) is 22.5. The molecular weight excluding hydrogens is 568 g/mol. The average molecular weight is 649 g/mol. The third-order valence-corrected chi connectivity index (χ3v) is 9.44. The van der Waals surface area contributed by atoms with E-state index in [0.717, 1.165) is 32.1 Å². The van der Waals surface area contributed by atoms with Gasteiger partial charge in [0.25, 0.3) is 0 Å². The largest absolute Gasteiger partial charge is 0.481 e. The molecule has 4 heteroatoms. The van der Waals surface area contributed by atoms with E-state index in [1.807, 2.05) is 0 Å². The highest BCUT2D eigenvalue weighted by atomic mass is 16.5. The van der Waals surface area contributed by atoms with Crippen LogP contribution in [0.4, 0.5) is 0 Å². The molecule has 0 aliphatic rings. The Labute approximate surface area is 287 Å². The second-order valence-electron chi connectivity index (χ2n) is 14.1. The lowest BCUT2D eigenvalue weighted by Crippen LogP contribution is -2.05. The monoisotopic (exact) mass is 649 g/mol. The van der Waals surface area contributed by atoms with Crippen molar-refractivity contribution in [2.24, 2.45) is 0 Å². The molecule has 0 rings (SSSR count). The van der Waals surface area contributed by atoms with E-state index in [1.54, 1.807) is 0 Å². The summed E-state index contributed by atoms with van der Waals surface area (Å²) in [5.41, 5.74) is 0. The summed E-state index contributed by atoms with van der Waals surface area (Å²) < 4.78 is 5.45. The number of unbranched alkanes of at least 4 members (excludes halogenated alkanes) is 31. The van der Waals surface area contributed by atoms with Gasteiger partial charge in [0.2, 0.25) is 0 Å². The van der Waals surface area contributed by atoms with Gasteiger partial charge in [-0.2, -0.15) is 0 Å². The lowest BCUT2D eigenvalue weighted by molar-refractivity contribution is -0.144. The molecule has 0 fully saturated rings. The number of hydrogen-bond acceptors (Lipinski definition) is 3. The van der Waals surface area contributed by atoms with Crippen molar-refractivity contribution < 1.29 is 19.4 Å². The van der Waals surface area contributed by atoms with E-state index in [1.165, 1.54) is 186 Å². The zero-order valence-electron chi connectivity index (χ0n) is 31.0. The molecule has 0 atom stereocenters. The zero-order valence-corrected chi connectivity index (χ0v) is 31.0. The van der Waals surface area contributed by atoms with Gasteiger partial charge in [-0.05, 0) is 44.9 Å². The third kappa shape index (κ3) is 40.7. The van der Waals surface area contributed by atoms with Crippen LogP contribution in [-0.4, -0.2) is 23.7 Å². The Morgan fingerprint density at radius 3 is 1.09 bits per heavy atom. The first-order valence-electron chi connectivity index (χ1n) is 20.7. The van der Waals surface area contributed by atoms with Crippen LogP contribution in [0, 0.1) is 0 Å². The Hall–Kier alpha value is -1.32. The maximum absolute atomic E-state index is 12.0. The molecule has 0 saturated heterocycles. The highest BCUT2D eigenvalue weighted by Crippen LogP contribution is 2.15. The number of carboxylic acids is 1. The van der Waals surface area contributed by atoms with E-state index < -0.39 is 5.97 Å². The van der Waals surface area contributed by atoms with E-state index in [-0.39, 0.29) is 5.97 Å². The number of allylic oxidation sites excluding steroid dienone is 2. The van der Waals surface area contributed by atoms with Crippen molar-refractivity contribution in [1.29, 1.82) is 0 Å². The lowest BCUT2D eigenvalue weighted by Gasteiger charge is -2.06. The highest BCUT2D eigenvalue weighted by Gasteiger charge is 2.03. The second-order valence-corrected chi connectivity index (χ2v) is 14.1. The highest BCUT2D eigenvalue weighted by molar-refractivity contribution is 5.69. The van der Waals surface area contributed by atoms with Gasteiger partial charge in [-0.1, -0.05) is 192 Å². The molecule has 0 spiro atoms. The molecule has 1 N–H and O–H groups in total. The van der Waals surface area contributed by atoms with Crippen molar-refractivity contribution in [3.8, 4) is 0 Å². The van der Waals surface area contributed by atoms with E-state index in [9.17, 15) is 9.59 Å². The van der Waals surface area contributed by atoms with Crippen molar-refractivity contribution in [3.63, 3.8) is 0 Å². The zero-order chi connectivity index (χ0) is 33.4. The Bertz CT molecular complexity index is 644. The average Bonchev–Trinajstić information content (AvgIpc) is 3.04. The molecular formula is C42H80O4. The first-order chi connectivity index (χ1) is 22.7. The fourth-order valence-electron chi connectivity index (χ4n) is 6.34. The predicted octanol–water partition coefficient (Wildman–Crippen LogP) is 14.2. The molecule has 0 heterocycles. The molecule has 272 valence electrons. The van der Waals surface area contributed by atoms with Gasteiger partial charge in [0.05, 0.1) is 6.61 Å². The molecule has 0 aliphatic carbocycles. The summed E-state index contributed by atoms with van der Waals surface area (Å²) in [5, 5.41) is 8.64. The smallest absolute Gasteiger partial charge is 0.305 e. The molecule has 46 heavy (non-hydrogen) atoms. The summed E-state index contributed by atoms with van der Waals surface area (Å²) in [6.07, 6.45) is 49.5. The van der Waals surface area contributed by atoms with Crippen LogP contribution in [0.5, 0.6) is 0 Å². The van der Waals surface area contributed by atoms with Gasteiger partial charge in [-0.15, -0.1) is 0 Å². The maximum atomic E-state index is 12.0. The standard InChI is InChI=1S/C42H80O4/c1-2-3-4-5-6-7-8-9-10-11-12-15-18-21-24-27-30-33-36-39-42(45)46-40-37-34-31-28-25-22-19-16-13-14-17-20-23-26-29-32-35-38-41(43)44/h9-10H,2-8,11-40H2,1H3,(H,43,44). The molecule has 0 aromatic heterocycles. The lowest BCUT2D eigenvalue weighted by atomic mass is 10.0. The van der Waals surface area contributed by atoms with Crippen LogP contribution in [0.15, 0.2) is 12.2 Å². The van der Waals surface area contributed by atoms with Crippen molar-refractivity contribution in [3.05, 3.63) is 12.2 Å². The van der Waals surface area contributed by atoms with Gasteiger partial charge < -0.3 is 9.84 Å². The van der Waals surface area contributed by atoms with Crippen LogP contribution in [0.1, 0.15) is 238 Å².